The van der Waals surface area contributed by atoms with Gasteiger partial charge in [0.25, 0.3) is 0 Å². The maximum absolute atomic E-state index is 5.66. The Morgan fingerprint density at radius 2 is 2.10 bits per heavy atom. The van der Waals surface area contributed by atoms with Crippen LogP contribution in [0.1, 0.15) is 6.92 Å². The Kier molecular flexibility index (Phi) is 2.28. The fraction of sp³-hybridized carbons (Fsp3) is 0.250. The van der Waals surface area contributed by atoms with Crippen molar-refractivity contribution in [3.05, 3.63) is 10.2 Å². The molecule has 0 unspecified atom stereocenters. The summed E-state index contributed by atoms with van der Waals surface area (Å²) in [6.07, 6.45) is 0. The van der Waals surface area contributed by atoms with Crippen molar-refractivity contribution in [2.75, 3.05) is 0 Å². The minimum absolute atomic E-state index is 0.232. The van der Waals surface area contributed by atoms with E-state index < -0.39 is 0 Å². The van der Waals surface area contributed by atoms with Gasteiger partial charge in [-0.2, -0.15) is 9.63 Å². The molecular formula is C4H4Cl3N3. The number of rotatable bonds is 0. The van der Waals surface area contributed by atoms with Gasteiger partial charge in [0.2, 0.25) is 0 Å². The van der Waals surface area contributed by atoms with Crippen LogP contribution < -0.4 is 5.53 Å². The molecule has 0 spiro atoms. The lowest BCUT2D eigenvalue weighted by molar-refractivity contribution is 0.436. The largest absolute Gasteiger partial charge is 0.202 e. The third-order valence-electron chi connectivity index (χ3n) is 0.977. The second-order valence-corrected chi connectivity index (χ2v) is 2.76. The van der Waals surface area contributed by atoms with Crippen LogP contribution in [0.15, 0.2) is 15.3 Å². The van der Waals surface area contributed by atoms with E-state index in [1.54, 1.807) is 6.92 Å². The highest BCUT2D eigenvalue weighted by Gasteiger charge is 2.15. The van der Waals surface area contributed by atoms with Crippen LogP contribution in [0.2, 0.25) is 0 Å². The number of nitrogens with zero attached hydrogens (tertiary/aromatic N) is 2. The Morgan fingerprint density at radius 1 is 1.50 bits per heavy atom. The predicted octanol–water partition coefficient (Wildman–Crippen LogP) is 1.98. The van der Waals surface area contributed by atoms with E-state index in [1.807, 2.05) is 0 Å². The highest BCUT2D eigenvalue weighted by atomic mass is 35.5. The number of halogens is 3. The summed E-state index contributed by atoms with van der Waals surface area (Å²) in [5, 5.41) is 4.32. The molecule has 0 fully saturated rings. The molecule has 0 radical (unpaired) electrons. The molecule has 1 N–H and O–H groups in total. The summed E-state index contributed by atoms with van der Waals surface area (Å²) in [6.45, 7) is 1.72. The topological polar surface area (TPSA) is 27.6 Å². The molecule has 1 rings (SSSR count). The van der Waals surface area contributed by atoms with Gasteiger partial charge in [0.1, 0.15) is 5.03 Å². The molecule has 1 heterocycles. The molecule has 0 aromatic carbocycles. The van der Waals surface area contributed by atoms with Gasteiger partial charge in [-0.15, -0.1) is 0 Å². The van der Waals surface area contributed by atoms with Crippen molar-refractivity contribution in [3.63, 3.8) is 0 Å². The smallest absolute Gasteiger partial charge is 0.164 e. The van der Waals surface area contributed by atoms with Gasteiger partial charge in [0.15, 0.2) is 5.16 Å². The molecule has 0 amide bonds. The number of hydrogen-bond acceptors (Lipinski definition) is 3. The van der Waals surface area contributed by atoms with Crippen LogP contribution in [0.3, 0.4) is 0 Å². The van der Waals surface area contributed by atoms with E-state index in [0.29, 0.717) is 10.7 Å². The Labute approximate surface area is 73.3 Å². The van der Waals surface area contributed by atoms with E-state index in [0.717, 1.165) is 4.53 Å². The lowest BCUT2D eigenvalue weighted by Gasteiger charge is -2.18. The highest BCUT2D eigenvalue weighted by Crippen LogP contribution is 2.22. The molecule has 0 atom stereocenters. The fourth-order valence-corrected chi connectivity index (χ4v) is 0.914. The second kappa shape index (κ2) is 2.86. The zero-order chi connectivity index (χ0) is 7.72. The van der Waals surface area contributed by atoms with Gasteiger partial charge in [-0.1, -0.05) is 23.2 Å². The summed E-state index contributed by atoms with van der Waals surface area (Å²) in [5.74, 6) is 0. The molecule has 0 aromatic heterocycles. The molecule has 10 heavy (non-hydrogen) atoms. The van der Waals surface area contributed by atoms with Crippen LogP contribution >= 0.6 is 35.0 Å². The van der Waals surface area contributed by atoms with Crippen molar-refractivity contribution < 1.29 is 0 Å². The molecule has 56 valence electrons. The Bertz CT molecular complexity index is 210. The number of hydrazine groups is 1. The normalized spacial score (nSPS) is 18.8. The minimum Gasteiger partial charge on any atom is -0.202 e. The standard InChI is InChI=1S/C4H4Cl3N3/c1-2-3(5)4(6)10(7)9-8-2/h9H,1H3. The summed E-state index contributed by atoms with van der Waals surface area (Å²) >= 11 is 16.7. The monoisotopic (exact) mass is 199 g/mol. The minimum atomic E-state index is 0.232. The summed E-state index contributed by atoms with van der Waals surface area (Å²) in [5.41, 5.74) is 3.04. The van der Waals surface area contributed by atoms with Gasteiger partial charge in [-0.05, 0) is 6.92 Å². The summed E-state index contributed by atoms with van der Waals surface area (Å²) in [6, 6.07) is 0. The molecule has 0 saturated heterocycles. The van der Waals surface area contributed by atoms with Crippen molar-refractivity contribution in [1.29, 1.82) is 0 Å². The van der Waals surface area contributed by atoms with Gasteiger partial charge in [-0.25, -0.2) is 5.53 Å². The van der Waals surface area contributed by atoms with E-state index in [1.165, 1.54) is 0 Å². The first-order valence-electron chi connectivity index (χ1n) is 2.44. The van der Waals surface area contributed by atoms with Crippen LogP contribution in [-0.4, -0.2) is 10.2 Å². The van der Waals surface area contributed by atoms with E-state index in [4.69, 9.17) is 35.0 Å². The molecule has 0 aliphatic carbocycles. The third-order valence-corrected chi connectivity index (χ3v) is 2.22. The second-order valence-electron chi connectivity index (χ2n) is 1.68. The van der Waals surface area contributed by atoms with Gasteiger partial charge in [-0.3, -0.25) is 0 Å². The van der Waals surface area contributed by atoms with Crippen molar-refractivity contribution in [2.45, 2.75) is 6.92 Å². The van der Waals surface area contributed by atoms with E-state index >= 15 is 0 Å². The zero-order valence-corrected chi connectivity index (χ0v) is 7.30. The molecule has 3 nitrogen and oxygen atoms in total. The SMILES string of the molecule is CC1=NNN(Cl)C(Cl)=C1Cl. The van der Waals surface area contributed by atoms with E-state index in [-0.39, 0.29) is 5.16 Å². The fourth-order valence-electron chi connectivity index (χ4n) is 0.447. The van der Waals surface area contributed by atoms with Crippen LogP contribution in [0.4, 0.5) is 0 Å². The molecule has 1 aliphatic heterocycles. The Hall–Kier alpha value is -0.120. The molecular weight excluding hydrogens is 196 g/mol. The highest BCUT2D eigenvalue weighted by molar-refractivity contribution is 6.49. The first-order valence-corrected chi connectivity index (χ1v) is 3.54. The number of allylic oxidation sites excluding steroid dienone is 1. The molecule has 0 bridgehead atoms. The maximum atomic E-state index is 5.66. The Balaban J connectivity index is 2.94. The Morgan fingerprint density at radius 3 is 2.60 bits per heavy atom. The van der Waals surface area contributed by atoms with Crippen molar-refractivity contribution in [1.82, 2.24) is 10.1 Å². The molecule has 0 aromatic rings. The quantitative estimate of drug-likeness (QED) is 0.478. The number of hydrazone groups is 1. The lowest BCUT2D eigenvalue weighted by atomic mass is 10.4. The number of nitrogens with one attached hydrogen (secondary N) is 1. The van der Waals surface area contributed by atoms with E-state index in [2.05, 4.69) is 10.6 Å². The van der Waals surface area contributed by atoms with Crippen molar-refractivity contribution >= 4 is 40.7 Å². The van der Waals surface area contributed by atoms with Gasteiger partial charge >= 0.3 is 0 Å². The van der Waals surface area contributed by atoms with Crippen LogP contribution in [0.25, 0.3) is 0 Å². The van der Waals surface area contributed by atoms with Gasteiger partial charge in [0, 0.05) is 11.8 Å². The third kappa shape index (κ3) is 1.31. The predicted molar refractivity (Wildman–Crippen MR) is 42.7 cm³/mol. The number of hydrogen-bond donors (Lipinski definition) is 1. The van der Waals surface area contributed by atoms with Crippen molar-refractivity contribution in [3.8, 4) is 0 Å². The summed E-state index contributed by atoms with van der Waals surface area (Å²) in [4.78, 5) is 0. The summed E-state index contributed by atoms with van der Waals surface area (Å²) < 4.78 is 1.01. The van der Waals surface area contributed by atoms with Crippen molar-refractivity contribution in [2.24, 2.45) is 5.10 Å². The average molecular weight is 200 g/mol. The average Bonchev–Trinajstić information content (AvgIpc) is 1.93. The summed E-state index contributed by atoms with van der Waals surface area (Å²) in [7, 11) is 0. The first-order chi connectivity index (χ1) is 4.63. The molecule has 6 heteroatoms. The first kappa shape index (κ1) is 7.98. The molecule has 1 aliphatic rings. The van der Waals surface area contributed by atoms with Crippen LogP contribution in [0, 0.1) is 0 Å². The molecule has 0 saturated carbocycles. The van der Waals surface area contributed by atoms with Crippen LogP contribution in [-0.2, 0) is 0 Å². The van der Waals surface area contributed by atoms with E-state index in [9.17, 15) is 0 Å². The van der Waals surface area contributed by atoms with Gasteiger partial charge in [0.05, 0.1) is 5.71 Å². The zero-order valence-electron chi connectivity index (χ0n) is 5.03. The van der Waals surface area contributed by atoms with Gasteiger partial charge < -0.3 is 0 Å². The maximum Gasteiger partial charge on any atom is 0.164 e. The van der Waals surface area contributed by atoms with Crippen LogP contribution in [0.5, 0.6) is 0 Å². The lowest BCUT2D eigenvalue weighted by Crippen LogP contribution is -2.28.